The zero-order valence-electron chi connectivity index (χ0n) is 7.29. The maximum atomic E-state index is 4.01. The molecule has 0 aromatic carbocycles. The van der Waals surface area contributed by atoms with Gasteiger partial charge in [0, 0.05) is 17.1 Å². The molecule has 1 aromatic rings. The third-order valence-electron chi connectivity index (χ3n) is 1.55. The average Bonchev–Trinajstić information content (AvgIpc) is 2.56. The molecule has 0 aliphatic heterocycles. The van der Waals surface area contributed by atoms with E-state index in [0.29, 0.717) is 6.04 Å². The molecule has 12 heavy (non-hydrogen) atoms. The Morgan fingerprint density at radius 1 is 1.75 bits per heavy atom. The third-order valence-corrected chi connectivity index (χ3v) is 2.51. The minimum atomic E-state index is 0.360. The van der Waals surface area contributed by atoms with Crippen LogP contribution in [0.5, 0.6) is 0 Å². The quantitative estimate of drug-likeness (QED) is 0.718. The molecule has 0 saturated heterocycles. The summed E-state index contributed by atoms with van der Waals surface area (Å²) in [5.41, 5.74) is 1.85. The van der Waals surface area contributed by atoms with Gasteiger partial charge >= 0.3 is 0 Å². The zero-order chi connectivity index (χ0) is 8.81. The molecule has 1 N–H and O–H groups in total. The molecule has 1 atom stereocenters. The van der Waals surface area contributed by atoms with Gasteiger partial charge in [0.15, 0.2) is 0 Å². The fourth-order valence-electron chi connectivity index (χ4n) is 0.833. The van der Waals surface area contributed by atoms with E-state index in [1.165, 1.54) is 4.88 Å². The van der Waals surface area contributed by atoms with Crippen molar-refractivity contribution in [3.63, 3.8) is 0 Å². The van der Waals surface area contributed by atoms with Gasteiger partial charge in [-0.05, 0) is 13.8 Å². The van der Waals surface area contributed by atoms with Crippen molar-refractivity contribution in [2.24, 2.45) is 0 Å². The Morgan fingerprint density at radius 3 is 3.17 bits per heavy atom. The number of rotatable bonds is 3. The van der Waals surface area contributed by atoms with Crippen LogP contribution in [0.4, 0.5) is 0 Å². The molecule has 64 valence electrons. The molecule has 0 fully saturated rings. The SMILES string of the molecule is CC#CCNC(C)c1cncs1. The predicted molar refractivity (Wildman–Crippen MR) is 52.0 cm³/mol. The van der Waals surface area contributed by atoms with Gasteiger partial charge in [0.1, 0.15) is 0 Å². The van der Waals surface area contributed by atoms with Gasteiger partial charge in [0.2, 0.25) is 0 Å². The summed E-state index contributed by atoms with van der Waals surface area (Å²) < 4.78 is 0. The van der Waals surface area contributed by atoms with E-state index in [0.717, 1.165) is 6.54 Å². The first kappa shape index (κ1) is 9.24. The van der Waals surface area contributed by atoms with Gasteiger partial charge in [-0.25, -0.2) is 0 Å². The van der Waals surface area contributed by atoms with E-state index in [1.807, 2.05) is 18.6 Å². The van der Waals surface area contributed by atoms with Crippen molar-refractivity contribution < 1.29 is 0 Å². The van der Waals surface area contributed by atoms with Crippen molar-refractivity contribution in [3.8, 4) is 11.8 Å². The van der Waals surface area contributed by atoms with Gasteiger partial charge < -0.3 is 0 Å². The highest BCUT2D eigenvalue weighted by Crippen LogP contribution is 2.15. The highest BCUT2D eigenvalue weighted by atomic mass is 32.1. The number of hydrogen-bond donors (Lipinski definition) is 1. The predicted octanol–water partition coefficient (Wildman–Crippen LogP) is 1.82. The van der Waals surface area contributed by atoms with Crippen LogP contribution < -0.4 is 5.32 Å². The van der Waals surface area contributed by atoms with E-state index in [9.17, 15) is 0 Å². The fourth-order valence-corrected chi connectivity index (χ4v) is 1.49. The topological polar surface area (TPSA) is 24.9 Å². The van der Waals surface area contributed by atoms with Gasteiger partial charge in [0.05, 0.1) is 12.1 Å². The molecule has 0 aliphatic rings. The molecule has 0 aliphatic carbocycles. The van der Waals surface area contributed by atoms with Gasteiger partial charge in [-0.1, -0.05) is 5.92 Å². The van der Waals surface area contributed by atoms with Crippen LogP contribution in [-0.4, -0.2) is 11.5 Å². The molecule has 3 heteroatoms. The highest BCUT2D eigenvalue weighted by Gasteiger charge is 2.03. The minimum Gasteiger partial charge on any atom is -0.299 e. The van der Waals surface area contributed by atoms with Crippen LogP contribution >= 0.6 is 11.3 Å². The first-order valence-corrected chi connectivity index (χ1v) is 4.74. The van der Waals surface area contributed by atoms with Crippen molar-refractivity contribution >= 4 is 11.3 Å². The summed E-state index contributed by atoms with van der Waals surface area (Å²) >= 11 is 1.67. The Hall–Kier alpha value is -0.850. The van der Waals surface area contributed by atoms with E-state index in [-0.39, 0.29) is 0 Å². The van der Waals surface area contributed by atoms with Crippen LogP contribution in [0.2, 0.25) is 0 Å². The van der Waals surface area contributed by atoms with Crippen molar-refractivity contribution in [3.05, 3.63) is 16.6 Å². The standard InChI is InChI=1S/C9H12N2S/c1-3-4-5-11-8(2)9-6-10-7-12-9/h6-8,11H,5H2,1-2H3. The molecule has 0 spiro atoms. The Morgan fingerprint density at radius 2 is 2.58 bits per heavy atom. The lowest BCUT2D eigenvalue weighted by Gasteiger charge is -2.07. The largest absolute Gasteiger partial charge is 0.299 e. The fraction of sp³-hybridized carbons (Fsp3) is 0.444. The van der Waals surface area contributed by atoms with Crippen LogP contribution in [0.3, 0.4) is 0 Å². The number of aromatic nitrogens is 1. The summed E-state index contributed by atoms with van der Waals surface area (Å²) in [5.74, 6) is 5.81. The van der Waals surface area contributed by atoms with E-state index >= 15 is 0 Å². The summed E-state index contributed by atoms with van der Waals surface area (Å²) in [6, 6.07) is 0.360. The van der Waals surface area contributed by atoms with Crippen molar-refractivity contribution in [1.29, 1.82) is 0 Å². The molecule has 1 unspecified atom stereocenters. The van der Waals surface area contributed by atoms with Crippen molar-refractivity contribution in [2.45, 2.75) is 19.9 Å². The monoisotopic (exact) mass is 180 g/mol. The van der Waals surface area contributed by atoms with Gasteiger partial charge in [-0.2, -0.15) is 0 Å². The van der Waals surface area contributed by atoms with Crippen LogP contribution in [0, 0.1) is 11.8 Å². The van der Waals surface area contributed by atoms with Crippen molar-refractivity contribution in [2.75, 3.05) is 6.54 Å². The number of nitrogens with zero attached hydrogens (tertiary/aromatic N) is 1. The lowest BCUT2D eigenvalue weighted by Crippen LogP contribution is -2.17. The highest BCUT2D eigenvalue weighted by molar-refractivity contribution is 7.09. The lowest BCUT2D eigenvalue weighted by molar-refractivity contribution is 0.632. The summed E-state index contributed by atoms with van der Waals surface area (Å²) in [7, 11) is 0. The molecule has 2 nitrogen and oxygen atoms in total. The molecule has 0 bridgehead atoms. The van der Waals surface area contributed by atoms with Gasteiger partial charge in [0.25, 0.3) is 0 Å². The second-order valence-corrected chi connectivity index (χ2v) is 3.35. The Balaban J connectivity index is 2.37. The first-order valence-electron chi connectivity index (χ1n) is 3.86. The molecule has 1 aromatic heterocycles. The Bertz CT molecular complexity index is 268. The molecule has 0 radical (unpaired) electrons. The van der Waals surface area contributed by atoms with Crippen LogP contribution in [-0.2, 0) is 0 Å². The second kappa shape index (κ2) is 4.91. The summed E-state index contributed by atoms with van der Waals surface area (Å²) in [6.07, 6.45) is 1.89. The number of nitrogens with one attached hydrogen (secondary N) is 1. The van der Waals surface area contributed by atoms with Gasteiger partial charge in [-0.3, -0.25) is 10.3 Å². The van der Waals surface area contributed by atoms with Crippen molar-refractivity contribution in [1.82, 2.24) is 10.3 Å². The first-order chi connectivity index (χ1) is 5.84. The van der Waals surface area contributed by atoms with E-state index in [4.69, 9.17) is 0 Å². The summed E-state index contributed by atoms with van der Waals surface area (Å²) in [5, 5.41) is 3.28. The molecular weight excluding hydrogens is 168 g/mol. The van der Waals surface area contributed by atoms with E-state index in [2.05, 4.69) is 29.1 Å². The lowest BCUT2D eigenvalue weighted by atomic mass is 10.3. The Labute approximate surface area is 77.0 Å². The minimum absolute atomic E-state index is 0.360. The van der Waals surface area contributed by atoms with Crippen LogP contribution in [0.25, 0.3) is 0 Å². The average molecular weight is 180 g/mol. The summed E-state index contributed by atoms with van der Waals surface area (Å²) in [4.78, 5) is 5.27. The zero-order valence-corrected chi connectivity index (χ0v) is 8.11. The van der Waals surface area contributed by atoms with E-state index < -0.39 is 0 Å². The molecular formula is C9H12N2S. The third kappa shape index (κ3) is 2.65. The maximum absolute atomic E-state index is 4.01. The van der Waals surface area contributed by atoms with Crippen LogP contribution in [0.1, 0.15) is 24.8 Å². The maximum Gasteiger partial charge on any atom is 0.0794 e. The molecule has 0 saturated carbocycles. The molecule has 1 rings (SSSR count). The normalized spacial score (nSPS) is 11.8. The Kier molecular flexibility index (Phi) is 3.78. The second-order valence-electron chi connectivity index (χ2n) is 2.43. The van der Waals surface area contributed by atoms with Crippen LogP contribution in [0.15, 0.2) is 11.7 Å². The summed E-state index contributed by atoms with van der Waals surface area (Å²) in [6.45, 7) is 4.71. The van der Waals surface area contributed by atoms with Gasteiger partial charge in [-0.15, -0.1) is 17.3 Å². The number of hydrogen-bond acceptors (Lipinski definition) is 3. The number of thiazole rings is 1. The smallest absolute Gasteiger partial charge is 0.0794 e. The van der Waals surface area contributed by atoms with E-state index in [1.54, 1.807) is 11.3 Å². The molecule has 1 heterocycles. The molecule has 0 amide bonds.